The van der Waals surface area contributed by atoms with Crippen LogP contribution in [0.4, 0.5) is 5.95 Å². The maximum atomic E-state index is 11.7. The van der Waals surface area contributed by atoms with Gasteiger partial charge in [-0.3, -0.25) is 5.10 Å². The van der Waals surface area contributed by atoms with Crippen LogP contribution in [-0.2, 0) is 9.84 Å². The van der Waals surface area contributed by atoms with Crippen LogP contribution in [0.5, 0.6) is 0 Å². The number of nitrogens with two attached hydrogens (primary N) is 1. The highest BCUT2D eigenvalue weighted by molar-refractivity contribution is 7.90. The van der Waals surface area contributed by atoms with Crippen molar-refractivity contribution in [2.24, 2.45) is 0 Å². The van der Waals surface area contributed by atoms with Crippen LogP contribution < -0.4 is 5.73 Å². The lowest BCUT2D eigenvalue weighted by Crippen LogP contribution is -2.03. The summed E-state index contributed by atoms with van der Waals surface area (Å²) in [5, 5.41) is 7.61. The number of H-pyrrole nitrogens is 1. The molecule has 0 unspecified atom stereocenters. The third-order valence-electron chi connectivity index (χ3n) is 4.29. The molecule has 0 radical (unpaired) electrons. The van der Waals surface area contributed by atoms with Gasteiger partial charge in [-0.2, -0.15) is 5.10 Å². The van der Waals surface area contributed by atoms with Crippen molar-refractivity contribution in [1.82, 2.24) is 25.1 Å². The lowest BCUT2D eigenvalue weighted by molar-refractivity contribution is 0.602. The largest absolute Gasteiger partial charge is 0.368 e. The summed E-state index contributed by atoms with van der Waals surface area (Å²) in [6.07, 6.45) is 4.50. The van der Waals surface area contributed by atoms with Gasteiger partial charge in [0, 0.05) is 29.0 Å². The van der Waals surface area contributed by atoms with Crippen molar-refractivity contribution in [3.8, 4) is 23.1 Å². The number of fused-ring (bicyclic) bond motifs is 1. The Hall–Kier alpha value is -3.77. The van der Waals surface area contributed by atoms with Gasteiger partial charge in [-0.15, -0.1) is 0 Å². The van der Waals surface area contributed by atoms with Crippen LogP contribution in [0.2, 0.25) is 0 Å². The predicted molar refractivity (Wildman–Crippen MR) is 110 cm³/mol. The summed E-state index contributed by atoms with van der Waals surface area (Å²) < 4.78 is 23.4. The molecule has 0 atom stereocenters. The first-order chi connectivity index (χ1) is 13.8. The van der Waals surface area contributed by atoms with Gasteiger partial charge < -0.3 is 5.73 Å². The van der Waals surface area contributed by atoms with E-state index in [9.17, 15) is 8.42 Å². The van der Waals surface area contributed by atoms with Gasteiger partial charge in [0.05, 0.1) is 28.0 Å². The Morgan fingerprint density at radius 3 is 2.55 bits per heavy atom. The van der Waals surface area contributed by atoms with Crippen molar-refractivity contribution in [2.75, 3.05) is 12.0 Å². The number of nitrogen functional groups attached to an aromatic ring is 1. The summed E-state index contributed by atoms with van der Waals surface area (Å²) in [6.45, 7) is 1.80. The third kappa shape index (κ3) is 3.79. The average molecular weight is 404 g/mol. The summed E-state index contributed by atoms with van der Waals surface area (Å²) in [5.41, 5.74) is 9.72. The molecule has 4 rings (SSSR count). The first kappa shape index (κ1) is 18.6. The summed E-state index contributed by atoms with van der Waals surface area (Å²) in [4.78, 5) is 13.0. The number of nitrogens with zero attached hydrogens (tertiary/aromatic N) is 4. The molecule has 0 aliphatic rings. The quantitative estimate of drug-likeness (QED) is 0.490. The van der Waals surface area contributed by atoms with Gasteiger partial charge in [0.1, 0.15) is 0 Å². The van der Waals surface area contributed by atoms with E-state index in [1.54, 1.807) is 31.5 Å². The Morgan fingerprint density at radius 2 is 1.83 bits per heavy atom. The molecule has 3 heterocycles. The minimum Gasteiger partial charge on any atom is -0.368 e. The summed E-state index contributed by atoms with van der Waals surface area (Å²) >= 11 is 0. The van der Waals surface area contributed by atoms with Crippen molar-refractivity contribution >= 4 is 26.8 Å². The van der Waals surface area contributed by atoms with E-state index in [-0.39, 0.29) is 10.8 Å². The van der Waals surface area contributed by atoms with Crippen LogP contribution in [0.1, 0.15) is 16.8 Å². The molecular formula is C20H16N6O2S. The molecular weight excluding hydrogens is 388 g/mol. The number of hydrogen-bond donors (Lipinski definition) is 2. The maximum absolute atomic E-state index is 11.7. The number of hydrogen-bond acceptors (Lipinski definition) is 7. The molecule has 4 aromatic rings. The highest BCUT2D eigenvalue weighted by atomic mass is 32.2. The van der Waals surface area contributed by atoms with E-state index >= 15 is 0 Å². The van der Waals surface area contributed by atoms with Gasteiger partial charge in [-0.05, 0) is 25.1 Å². The standard InChI is InChI=1S/C20H16N6O2S/c1-12-17(8-3-13-9-15-11-23-26-19(15)22-10-13)18(25-20(21)24-12)14-4-6-16(7-5-14)29(2,27)28/h4-7,9-11H,1-2H3,(H2,21,24,25)(H,22,23,26). The number of benzene rings is 1. The number of rotatable bonds is 2. The van der Waals surface area contributed by atoms with Crippen molar-refractivity contribution in [3.05, 3.63) is 59.5 Å². The van der Waals surface area contributed by atoms with Crippen LogP contribution >= 0.6 is 0 Å². The van der Waals surface area contributed by atoms with E-state index in [1.165, 1.54) is 12.1 Å². The minimum absolute atomic E-state index is 0.122. The Labute approximate surface area is 167 Å². The molecule has 0 spiro atoms. The second-order valence-corrected chi connectivity index (χ2v) is 8.48. The molecule has 0 saturated heterocycles. The zero-order valence-electron chi connectivity index (χ0n) is 15.6. The first-order valence-corrected chi connectivity index (χ1v) is 10.5. The van der Waals surface area contributed by atoms with Crippen LogP contribution in [0.3, 0.4) is 0 Å². The minimum atomic E-state index is -3.29. The molecule has 3 aromatic heterocycles. The van der Waals surface area contributed by atoms with E-state index in [4.69, 9.17) is 5.73 Å². The van der Waals surface area contributed by atoms with Crippen LogP contribution in [0.15, 0.2) is 47.6 Å². The van der Waals surface area contributed by atoms with E-state index in [0.717, 1.165) is 11.6 Å². The zero-order chi connectivity index (χ0) is 20.6. The Morgan fingerprint density at radius 1 is 1.07 bits per heavy atom. The molecule has 0 aliphatic carbocycles. The summed E-state index contributed by atoms with van der Waals surface area (Å²) in [6, 6.07) is 8.31. The average Bonchev–Trinajstić information content (AvgIpc) is 3.14. The van der Waals surface area contributed by atoms with Gasteiger partial charge in [-0.25, -0.2) is 23.4 Å². The first-order valence-electron chi connectivity index (χ1n) is 8.57. The monoisotopic (exact) mass is 404 g/mol. The number of nitrogens with one attached hydrogen (secondary N) is 1. The van der Waals surface area contributed by atoms with Crippen LogP contribution in [0.25, 0.3) is 22.3 Å². The molecule has 144 valence electrons. The second-order valence-electron chi connectivity index (χ2n) is 6.47. The second kappa shape index (κ2) is 7.00. The fraction of sp³-hybridized carbons (Fsp3) is 0.100. The topological polar surface area (TPSA) is 128 Å². The lowest BCUT2D eigenvalue weighted by Gasteiger charge is -2.08. The van der Waals surface area contributed by atoms with Gasteiger partial charge in [0.15, 0.2) is 15.5 Å². The third-order valence-corrected chi connectivity index (χ3v) is 5.41. The molecule has 0 saturated carbocycles. The van der Waals surface area contributed by atoms with E-state index in [0.29, 0.717) is 33.7 Å². The van der Waals surface area contributed by atoms with Gasteiger partial charge in [0.2, 0.25) is 5.95 Å². The number of aryl methyl sites for hydroxylation is 1. The molecule has 0 bridgehead atoms. The number of aromatic nitrogens is 5. The Balaban J connectivity index is 1.80. The molecule has 0 fully saturated rings. The SMILES string of the molecule is Cc1nc(N)nc(-c2ccc(S(C)(=O)=O)cc2)c1C#Cc1cnc2[nH]ncc2c1. The summed E-state index contributed by atoms with van der Waals surface area (Å²) in [5.74, 6) is 6.31. The van der Waals surface area contributed by atoms with E-state index in [2.05, 4.69) is 37.0 Å². The highest BCUT2D eigenvalue weighted by Gasteiger charge is 2.13. The zero-order valence-corrected chi connectivity index (χ0v) is 16.4. The number of aromatic amines is 1. The van der Waals surface area contributed by atoms with Crippen molar-refractivity contribution < 1.29 is 8.42 Å². The molecule has 8 nitrogen and oxygen atoms in total. The molecule has 3 N–H and O–H groups in total. The molecule has 9 heteroatoms. The van der Waals surface area contributed by atoms with Crippen LogP contribution in [0, 0.1) is 18.8 Å². The van der Waals surface area contributed by atoms with Crippen molar-refractivity contribution in [3.63, 3.8) is 0 Å². The van der Waals surface area contributed by atoms with Crippen molar-refractivity contribution in [1.29, 1.82) is 0 Å². The highest BCUT2D eigenvalue weighted by Crippen LogP contribution is 2.25. The fourth-order valence-electron chi connectivity index (χ4n) is 2.85. The van der Waals surface area contributed by atoms with Crippen molar-refractivity contribution in [2.45, 2.75) is 11.8 Å². The normalized spacial score (nSPS) is 11.2. The van der Waals surface area contributed by atoms with Gasteiger partial charge >= 0.3 is 0 Å². The molecule has 29 heavy (non-hydrogen) atoms. The lowest BCUT2D eigenvalue weighted by atomic mass is 10.0. The van der Waals surface area contributed by atoms with E-state index < -0.39 is 9.84 Å². The number of pyridine rings is 1. The fourth-order valence-corrected chi connectivity index (χ4v) is 3.48. The number of anilines is 1. The van der Waals surface area contributed by atoms with Gasteiger partial charge in [-0.1, -0.05) is 24.0 Å². The Bertz CT molecular complexity index is 1400. The van der Waals surface area contributed by atoms with Gasteiger partial charge in [0.25, 0.3) is 0 Å². The predicted octanol–water partition coefficient (Wildman–Crippen LogP) is 2.11. The maximum Gasteiger partial charge on any atom is 0.220 e. The number of sulfone groups is 1. The smallest absolute Gasteiger partial charge is 0.220 e. The molecule has 1 aromatic carbocycles. The molecule has 0 amide bonds. The summed E-state index contributed by atoms with van der Waals surface area (Å²) in [7, 11) is -3.29. The Kier molecular flexibility index (Phi) is 4.48. The van der Waals surface area contributed by atoms with Crippen LogP contribution in [-0.4, -0.2) is 39.8 Å². The van der Waals surface area contributed by atoms with E-state index in [1.807, 2.05) is 6.07 Å². The molecule has 0 aliphatic heterocycles.